The minimum atomic E-state index is -0.552. The van der Waals surface area contributed by atoms with Crippen LogP contribution in [0.25, 0.3) is 0 Å². The van der Waals surface area contributed by atoms with Gasteiger partial charge in [-0.25, -0.2) is 0 Å². The van der Waals surface area contributed by atoms with E-state index in [-0.39, 0.29) is 23.9 Å². The molecule has 0 heterocycles. The number of rotatable bonds is 2. The Hall–Kier alpha value is -1.09. The molecule has 2 rings (SSSR count). The van der Waals surface area contributed by atoms with Crippen molar-refractivity contribution in [3.8, 4) is 0 Å². The van der Waals surface area contributed by atoms with Crippen LogP contribution >= 0.6 is 0 Å². The number of methoxy groups -OCH3 is 1. The summed E-state index contributed by atoms with van der Waals surface area (Å²) >= 11 is 0. The van der Waals surface area contributed by atoms with Crippen molar-refractivity contribution in [1.29, 1.82) is 0 Å². The van der Waals surface area contributed by atoms with Crippen molar-refractivity contribution in [3.05, 3.63) is 24.3 Å². The Morgan fingerprint density at radius 2 is 2.27 bits per heavy atom. The zero-order chi connectivity index (χ0) is 11.1. The first-order valence-electron chi connectivity index (χ1n) is 5.17. The Labute approximate surface area is 89.4 Å². The van der Waals surface area contributed by atoms with Gasteiger partial charge in [0.25, 0.3) is 0 Å². The highest BCUT2D eigenvalue weighted by molar-refractivity contribution is 5.84. The van der Waals surface area contributed by atoms with E-state index in [1.807, 2.05) is 31.2 Å². The lowest BCUT2D eigenvalue weighted by Gasteiger charge is -2.51. The second-order valence-electron chi connectivity index (χ2n) is 4.58. The first-order valence-corrected chi connectivity index (χ1v) is 5.17. The Balaban J connectivity index is 2.35. The smallest absolute Gasteiger partial charge is 0.316 e. The molecule has 15 heavy (non-hydrogen) atoms. The molecule has 0 saturated heterocycles. The van der Waals surface area contributed by atoms with Gasteiger partial charge >= 0.3 is 5.97 Å². The second-order valence-corrected chi connectivity index (χ2v) is 4.58. The molecule has 2 aliphatic carbocycles. The van der Waals surface area contributed by atoms with E-state index < -0.39 is 5.41 Å². The van der Waals surface area contributed by atoms with Crippen LogP contribution in [0.5, 0.6) is 0 Å². The summed E-state index contributed by atoms with van der Waals surface area (Å²) in [6, 6.07) is 0. The number of carbonyl (C=O) groups excluding carboxylic acids is 1. The van der Waals surface area contributed by atoms with Crippen LogP contribution in [0.2, 0.25) is 0 Å². The van der Waals surface area contributed by atoms with Gasteiger partial charge in [-0.05, 0) is 6.42 Å². The molecule has 2 aliphatic rings. The second kappa shape index (κ2) is 3.20. The van der Waals surface area contributed by atoms with Gasteiger partial charge in [-0.15, -0.1) is 0 Å². The van der Waals surface area contributed by atoms with E-state index in [9.17, 15) is 4.79 Å². The van der Waals surface area contributed by atoms with Crippen LogP contribution in [-0.2, 0) is 9.53 Å². The molecule has 0 aromatic rings. The zero-order valence-electron chi connectivity index (χ0n) is 9.06. The zero-order valence-corrected chi connectivity index (χ0v) is 9.06. The Bertz CT molecular complexity index is 345. The number of allylic oxidation sites excluding steroid dienone is 2. The fourth-order valence-corrected chi connectivity index (χ4v) is 2.54. The number of aliphatic hydroxyl groups excluding tert-OH is 1. The van der Waals surface area contributed by atoms with Gasteiger partial charge in [0, 0.05) is 17.9 Å². The molecular formula is C12H16O3. The number of hydrogen-bond acceptors (Lipinski definition) is 3. The number of fused-ring (bicyclic) bond motifs is 1. The average Bonchev–Trinajstić information content (AvgIpc) is 2.25. The summed E-state index contributed by atoms with van der Waals surface area (Å²) in [7, 11) is 1.41. The highest BCUT2D eigenvalue weighted by atomic mass is 16.5. The molecule has 0 aliphatic heterocycles. The van der Waals surface area contributed by atoms with Crippen molar-refractivity contribution in [2.45, 2.75) is 13.3 Å². The highest BCUT2D eigenvalue weighted by Crippen LogP contribution is 2.57. The Kier molecular flexibility index (Phi) is 2.23. The molecule has 3 nitrogen and oxygen atoms in total. The minimum absolute atomic E-state index is 0.0575. The SMILES string of the molecule is COC(=O)C12C=CC1(C)C=CC(CO)C2. The molecule has 0 saturated carbocycles. The summed E-state index contributed by atoms with van der Waals surface area (Å²) in [5.41, 5.74) is -0.782. The first kappa shape index (κ1) is 10.4. The van der Waals surface area contributed by atoms with Crippen molar-refractivity contribution in [1.82, 2.24) is 0 Å². The lowest BCUT2D eigenvalue weighted by Crippen LogP contribution is -2.52. The molecule has 0 fully saturated rings. The monoisotopic (exact) mass is 208 g/mol. The summed E-state index contributed by atoms with van der Waals surface area (Å²) in [5.74, 6) is -0.141. The number of aliphatic hydroxyl groups is 1. The summed E-state index contributed by atoms with van der Waals surface area (Å²) < 4.78 is 4.87. The summed E-state index contributed by atoms with van der Waals surface area (Å²) in [6.07, 6.45) is 8.57. The molecule has 3 atom stereocenters. The lowest BCUT2D eigenvalue weighted by atomic mass is 9.51. The summed E-state index contributed by atoms with van der Waals surface area (Å²) in [4.78, 5) is 11.8. The topological polar surface area (TPSA) is 46.5 Å². The van der Waals surface area contributed by atoms with E-state index in [1.165, 1.54) is 7.11 Å². The fraction of sp³-hybridized carbons (Fsp3) is 0.583. The average molecular weight is 208 g/mol. The number of carbonyl (C=O) groups is 1. The highest BCUT2D eigenvalue weighted by Gasteiger charge is 2.57. The molecule has 0 bridgehead atoms. The van der Waals surface area contributed by atoms with Gasteiger partial charge in [-0.1, -0.05) is 31.2 Å². The molecule has 1 N–H and O–H groups in total. The molecule has 3 unspecified atom stereocenters. The van der Waals surface area contributed by atoms with Crippen molar-refractivity contribution in [2.75, 3.05) is 13.7 Å². The maximum absolute atomic E-state index is 11.8. The van der Waals surface area contributed by atoms with E-state index in [4.69, 9.17) is 9.84 Å². The van der Waals surface area contributed by atoms with Gasteiger partial charge in [-0.3, -0.25) is 4.79 Å². The summed E-state index contributed by atoms with van der Waals surface area (Å²) in [6.45, 7) is 2.10. The Morgan fingerprint density at radius 3 is 2.73 bits per heavy atom. The standard InChI is InChI=1S/C12H16O3/c1-11-4-3-9(8-13)7-12(11,6-5-11)10(14)15-2/h3-6,9,13H,7-8H2,1-2H3. The first-order chi connectivity index (χ1) is 7.08. The molecule has 0 aromatic heterocycles. The predicted octanol–water partition coefficient (Wildman–Crippen LogP) is 1.29. The number of hydrogen-bond donors (Lipinski definition) is 1. The van der Waals surface area contributed by atoms with Crippen molar-refractivity contribution >= 4 is 5.97 Å². The van der Waals surface area contributed by atoms with Crippen LogP contribution in [0.1, 0.15) is 13.3 Å². The molecule has 3 heteroatoms. The quantitative estimate of drug-likeness (QED) is 0.549. The van der Waals surface area contributed by atoms with Crippen molar-refractivity contribution in [2.24, 2.45) is 16.7 Å². The molecule has 0 spiro atoms. The van der Waals surface area contributed by atoms with Crippen LogP contribution in [0.15, 0.2) is 24.3 Å². The van der Waals surface area contributed by atoms with E-state index >= 15 is 0 Å². The molecule has 0 aromatic carbocycles. The third-order valence-electron chi connectivity index (χ3n) is 3.76. The van der Waals surface area contributed by atoms with Gasteiger partial charge < -0.3 is 9.84 Å². The van der Waals surface area contributed by atoms with E-state index in [2.05, 4.69) is 0 Å². The van der Waals surface area contributed by atoms with Gasteiger partial charge in [0.2, 0.25) is 0 Å². The molecule has 82 valence electrons. The van der Waals surface area contributed by atoms with Crippen LogP contribution in [0.4, 0.5) is 0 Å². The van der Waals surface area contributed by atoms with E-state index in [1.54, 1.807) is 0 Å². The van der Waals surface area contributed by atoms with Crippen LogP contribution in [0, 0.1) is 16.7 Å². The van der Waals surface area contributed by atoms with Gasteiger partial charge in [0.15, 0.2) is 0 Å². The third-order valence-corrected chi connectivity index (χ3v) is 3.76. The van der Waals surface area contributed by atoms with Crippen LogP contribution in [0.3, 0.4) is 0 Å². The van der Waals surface area contributed by atoms with Gasteiger partial charge in [0.1, 0.15) is 0 Å². The lowest BCUT2D eigenvalue weighted by molar-refractivity contribution is -0.157. The molecular weight excluding hydrogens is 192 g/mol. The van der Waals surface area contributed by atoms with Gasteiger partial charge in [0.05, 0.1) is 12.5 Å². The fourth-order valence-electron chi connectivity index (χ4n) is 2.54. The molecule has 0 radical (unpaired) electrons. The number of ether oxygens (including phenoxy) is 1. The maximum Gasteiger partial charge on any atom is 0.316 e. The normalized spacial score (nSPS) is 41.9. The van der Waals surface area contributed by atoms with Crippen molar-refractivity contribution < 1.29 is 14.6 Å². The summed E-state index contributed by atoms with van der Waals surface area (Å²) in [5, 5.41) is 9.14. The van der Waals surface area contributed by atoms with Crippen LogP contribution < -0.4 is 0 Å². The van der Waals surface area contributed by atoms with Crippen LogP contribution in [-0.4, -0.2) is 24.8 Å². The number of esters is 1. The van der Waals surface area contributed by atoms with E-state index in [0.717, 1.165) is 0 Å². The Morgan fingerprint density at radius 1 is 1.53 bits per heavy atom. The predicted molar refractivity (Wildman–Crippen MR) is 56.0 cm³/mol. The minimum Gasteiger partial charge on any atom is -0.468 e. The van der Waals surface area contributed by atoms with Gasteiger partial charge in [-0.2, -0.15) is 0 Å². The van der Waals surface area contributed by atoms with E-state index in [0.29, 0.717) is 6.42 Å². The largest absolute Gasteiger partial charge is 0.468 e. The molecule has 0 amide bonds. The maximum atomic E-state index is 11.8. The van der Waals surface area contributed by atoms with Crippen molar-refractivity contribution in [3.63, 3.8) is 0 Å². The third kappa shape index (κ3) is 1.19.